The number of aromatic amines is 1. The third-order valence-corrected chi connectivity index (χ3v) is 7.30. The highest BCUT2D eigenvalue weighted by molar-refractivity contribution is 5.95. The van der Waals surface area contributed by atoms with Crippen LogP contribution in [0.3, 0.4) is 0 Å². The number of para-hydroxylation sites is 1. The molecule has 2 fully saturated rings. The van der Waals surface area contributed by atoms with Crippen LogP contribution in [0.1, 0.15) is 48.0 Å². The molecular formula is C27H27FN4O4. The Bertz CT molecular complexity index is 1480. The number of rotatable bonds is 5. The van der Waals surface area contributed by atoms with Crippen molar-refractivity contribution in [3.05, 3.63) is 85.8 Å². The van der Waals surface area contributed by atoms with E-state index in [-0.39, 0.29) is 18.2 Å². The minimum Gasteiger partial charge on any atom is -0.348 e. The van der Waals surface area contributed by atoms with Crippen molar-refractivity contribution < 1.29 is 14.0 Å². The molecule has 1 unspecified atom stereocenters. The summed E-state index contributed by atoms with van der Waals surface area (Å²) in [6.45, 7) is 1.61. The molecule has 1 aliphatic carbocycles. The minimum atomic E-state index is -0.634. The van der Waals surface area contributed by atoms with Crippen molar-refractivity contribution in [2.45, 2.75) is 50.7 Å². The molecule has 2 aliphatic rings. The van der Waals surface area contributed by atoms with Crippen molar-refractivity contribution in [2.75, 3.05) is 13.1 Å². The molecule has 186 valence electrons. The summed E-state index contributed by atoms with van der Waals surface area (Å²) >= 11 is 0. The first kappa shape index (κ1) is 23.9. The van der Waals surface area contributed by atoms with Gasteiger partial charge < -0.3 is 5.32 Å². The summed E-state index contributed by atoms with van der Waals surface area (Å²) in [6.07, 6.45) is 4.15. The Morgan fingerprint density at radius 3 is 2.67 bits per heavy atom. The number of carbonyl (C=O) groups excluding carboxylic acids is 2. The van der Waals surface area contributed by atoms with Crippen LogP contribution in [0.15, 0.2) is 57.6 Å². The molecule has 1 amide bonds. The van der Waals surface area contributed by atoms with Gasteiger partial charge in [0.1, 0.15) is 11.8 Å². The predicted octanol–water partition coefficient (Wildman–Crippen LogP) is 2.38. The van der Waals surface area contributed by atoms with E-state index in [4.69, 9.17) is 0 Å². The smallest absolute Gasteiger partial charge is 0.329 e. The van der Waals surface area contributed by atoms with E-state index in [1.807, 2.05) is 5.94 Å². The van der Waals surface area contributed by atoms with Crippen LogP contribution in [-0.4, -0.2) is 51.5 Å². The summed E-state index contributed by atoms with van der Waals surface area (Å²) < 4.78 is 16.0. The quantitative estimate of drug-likeness (QED) is 0.535. The number of aromatic nitrogens is 2. The third kappa shape index (κ3) is 4.80. The lowest BCUT2D eigenvalue weighted by Gasteiger charge is -2.31. The van der Waals surface area contributed by atoms with Gasteiger partial charge in [0.05, 0.1) is 23.0 Å². The van der Waals surface area contributed by atoms with E-state index in [1.165, 1.54) is 22.8 Å². The Labute approximate surface area is 206 Å². The van der Waals surface area contributed by atoms with Gasteiger partial charge in [-0.2, -0.15) is 0 Å². The van der Waals surface area contributed by atoms with E-state index < -0.39 is 23.0 Å². The van der Waals surface area contributed by atoms with E-state index >= 15 is 0 Å². The molecule has 0 spiro atoms. The van der Waals surface area contributed by atoms with Crippen LogP contribution in [0.2, 0.25) is 0 Å². The standard InChI is InChI=1S/C27H27FN4O4/c28-23-10-7-18(14-32-24-4-2-1-3-21(24)25(34)30-27(32)36)13-22(23)26(35)29-19-11-12-31(15-19)20-8-5-17(16-33)6-9-20/h1-4,7,10,13,19-20H,5-6,8-9,11-12,14-15H2,(H,29,35)(H,30,34,36). The lowest BCUT2D eigenvalue weighted by molar-refractivity contribution is 0.0931. The fourth-order valence-corrected chi connectivity index (χ4v) is 5.34. The summed E-state index contributed by atoms with van der Waals surface area (Å²) in [4.78, 5) is 53.1. The minimum absolute atomic E-state index is 0.0762. The van der Waals surface area contributed by atoms with Crippen LogP contribution in [0.4, 0.5) is 4.39 Å². The monoisotopic (exact) mass is 490 g/mol. The molecule has 3 aromatic rings. The third-order valence-electron chi connectivity index (χ3n) is 7.30. The molecule has 9 heteroatoms. The number of likely N-dealkylation sites (tertiary alicyclic amines) is 1. The highest BCUT2D eigenvalue weighted by atomic mass is 19.1. The molecule has 2 aromatic carbocycles. The van der Waals surface area contributed by atoms with E-state index in [2.05, 4.69) is 15.2 Å². The second-order valence-corrected chi connectivity index (χ2v) is 9.57. The first-order valence-electron chi connectivity index (χ1n) is 12.2. The number of hydrogen-bond acceptors (Lipinski definition) is 5. The second-order valence-electron chi connectivity index (χ2n) is 9.57. The highest BCUT2D eigenvalue weighted by Crippen LogP contribution is 2.28. The first-order valence-corrected chi connectivity index (χ1v) is 12.2. The normalized spacial score (nSPS) is 20.4. The summed E-state index contributed by atoms with van der Waals surface area (Å²) in [5.41, 5.74) is 0.763. The fourth-order valence-electron chi connectivity index (χ4n) is 5.34. The van der Waals surface area contributed by atoms with Crippen molar-refractivity contribution in [2.24, 2.45) is 0 Å². The Balaban J connectivity index is 1.29. The Kier molecular flexibility index (Phi) is 6.67. The van der Waals surface area contributed by atoms with Crippen molar-refractivity contribution in [1.29, 1.82) is 0 Å². The van der Waals surface area contributed by atoms with Crippen LogP contribution in [0.5, 0.6) is 0 Å². The van der Waals surface area contributed by atoms with Crippen LogP contribution in [0.25, 0.3) is 10.9 Å². The number of hydrogen-bond donors (Lipinski definition) is 2. The molecule has 1 aromatic heterocycles. The lowest BCUT2D eigenvalue weighted by atomic mass is 9.91. The zero-order valence-corrected chi connectivity index (χ0v) is 19.8. The number of amides is 1. The number of nitrogens with zero attached hydrogens (tertiary/aromatic N) is 2. The molecule has 5 rings (SSSR count). The van der Waals surface area contributed by atoms with Crippen molar-refractivity contribution in [1.82, 2.24) is 19.8 Å². The summed E-state index contributed by atoms with van der Waals surface area (Å²) in [5.74, 6) is 0.903. The number of fused-ring (bicyclic) bond motifs is 1. The molecule has 0 bridgehead atoms. The average Bonchev–Trinajstić information content (AvgIpc) is 3.36. The van der Waals surface area contributed by atoms with Gasteiger partial charge >= 0.3 is 5.69 Å². The molecule has 0 radical (unpaired) electrons. The van der Waals surface area contributed by atoms with E-state index in [0.29, 0.717) is 29.1 Å². The molecular weight excluding hydrogens is 463 g/mol. The Hall–Kier alpha value is -3.81. The number of allylic oxidation sites excluding steroid dienone is 1. The number of benzene rings is 2. The van der Waals surface area contributed by atoms with Gasteiger partial charge in [0, 0.05) is 30.7 Å². The number of carbonyl (C=O) groups is 1. The molecule has 1 saturated heterocycles. The molecule has 1 saturated carbocycles. The zero-order chi connectivity index (χ0) is 25.2. The maximum atomic E-state index is 14.6. The topological polar surface area (TPSA) is 104 Å². The van der Waals surface area contributed by atoms with Gasteiger partial charge in [0.15, 0.2) is 0 Å². The van der Waals surface area contributed by atoms with Crippen LogP contribution < -0.4 is 16.6 Å². The average molecular weight is 491 g/mol. The van der Waals surface area contributed by atoms with E-state index in [0.717, 1.165) is 44.2 Å². The Morgan fingerprint density at radius 1 is 1.11 bits per heavy atom. The molecule has 2 N–H and O–H groups in total. The van der Waals surface area contributed by atoms with Crippen LogP contribution in [0, 0.1) is 5.82 Å². The maximum Gasteiger partial charge on any atom is 0.329 e. The largest absolute Gasteiger partial charge is 0.348 e. The van der Waals surface area contributed by atoms with Crippen molar-refractivity contribution >= 4 is 22.8 Å². The van der Waals surface area contributed by atoms with Crippen molar-refractivity contribution in [3.63, 3.8) is 0 Å². The van der Waals surface area contributed by atoms with Crippen LogP contribution in [-0.2, 0) is 11.3 Å². The van der Waals surface area contributed by atoms with Gasteiger partial charge in [0.25, 0.3) is 11.5 Å². The fraction of sp³-hybridized carbons (Fsp3) is 0.370. The number of H-pyrrole nitrogens is 1. The van der Waals surface area contributed by atoms with Gasteiger partial charge in [-0.1, -0.05) is 18.2 Å². The molecule has 1 atom stereocenters. The SMILES string of the molecule is O=C=C1CCC(N2CCC(NC(=O)c3cc(Cn4c(=O)[nH]c(=O)c5ccccc54)ccc3F)C2)CC1. The van der Waals surface area contributed by atoms with Gasteiger partial charge in [0.2, 0.25) is 0 Å². The van der Waals surface area contributed by atoms with E-state index in [1.54, 1.807) is 24.3 Å². The number of nitrogens with one attached hydrogen (secondary N) is 2. The van der Waals surface area contributed by atoms with E-state index in [9.17, 15) is 23.6 Å². The zero-order valence-electron chi connectivity index (χ0n) is 19.8. The van der Waals surface area contributed by atoms with Gasteiger partial charge in [-0.3, -0.25) is 24.0 Å². The lowest BCUT2D eigenvalue weighted by Crippen LogP contribution is -2.40. The predicted molar refractivity (Wildman–Crippen MR) is 133 cm³/mol. The summed E-state index contributed by atoms with van der Waals surface area (Å²) in [5, 5.41) is 3.33. The Morgan fingerprint density at radius 2 is 1.89 bits per heavy atom. The molecule has 36 heavy (non-hydrogen) atoms. The van der Waals surface area contributed by atoms with Gasteiger partial charge in [-0.25, -0.2) is 14.0 Å². The summed E-state index contributed by atoms with van der Waals surface area (Å²) in [6, 6.07) is 11.3. The first-order chi connectivity index (χ1) is 17.4. The van der Waals surface area contributed by atoms with Crippen molar-refractivity contribution in [3.8, 4) is 0 Å². The molecule has 1 aliphatic heterocycles. The molecule has 8 nitrogen and oxygen atoms in total. The second kappa shape index (κ2) is 10.0. The van der Waals surface area contributed by atoms with Gasteiger partial charge in [-0.15, -0.1) is 0 Å². The number of halogens is 1. The maximum absolute atomic E-state index is 14.6. The van der Waals surface area contributed by atoms with Crippen LogP contribution >= 0.6 is 0 Å². The molecule has 2 heterocycles. The summed E-state index contributed by atoms with van der Waals surface area (Å²) in [7, 11) is 0. The van der Waals surface area contributed by atoms with Gasteiger partial charge in [-0.05, 0) is 61.9 Å². The highest BCUT2D eigenvalue weighted by Gasteiger charge is 2.31.